The molecule has 0 radical (unpaired) electrons. The topological polar surface area (TPSA) is 46.3 Å². The largest absolute Gasteiger partial charge is 0.389 e. The Morgan fingerprint density at radius 3 is 2.65 bits per heavy atom. The first-order valence-corrected chi connectivity index (χ1v) is 7.51. The fourth-order valence-corrected chi connectivity index (χ4v) is 3.30. The number of hydrogen-bond donors (Lipinski definition) is 1. The minimum atomic E-state index is -0.625. The molecule has 0 spiro atoms. The van der Waals surface area contributed by atoms with Gasteiger partial charge in [-0.3, -0.25) is 9.11 Å². The maximum absolute atomic E-state index is 11.3. The van der Waals surface area contributed by atoms with Crippen LogP contribution in [0.1, 0.15) is 11.1 Å². The van der Waals surface area contributed by atoms with Crippen LogP contribution in [0.2, 0.25) is 0 Å². The second kappa shape index (κ2) is 5.71. The van der Waals surface area contributed by atoms with Gasteiger partial charge in [-0.1, -0.05) is 36.5 Å². The highest BCUT2D eigenvalue weighted by Crippen LogP contribution is 2.13. The van der Waals surface area contributed by atoms with Crippen LogP contribution in [0.3, 0.4) is 0 Å². The summed E-state index contributed by atoms with van der Waals surface area (Å²) in [7, 11) is -0.625. The number of rotatable bonds is 3. The number of nitrogens with two attached hydrogens (primary N) is 1. The molecular weight excluding hydrogens is 252 g/mol. The lowest BCUT2D eigenvalue weighted by Crippen LogP contribution is -2.37. The third kappa shape index (κ3) is 3.34. The SMILES string of the molecule is NC(=S)c1ccccc1CN1CCS(=O)CC1. The van der Waals surface area contributed by atoms with Crippen molar-refractivity contribution in [2.75, 3.05) is 24.6 Å². The first kappa shape index (κ1) is 12.7. The van der Waals surface area contributed by atoms with Crippen LogP contribution in [0, 0.1) is 0 Å². The molecule has 1 aromatic carbocycles. The highest BCUT2D eigenvalue weighted by atomic mass is 32.2. The summed E-state index contributed by atoms with van der Waals surface area (Å²) in [6.07, 6.45) is 0. The van der Waals surface area contributed by atoms with Crippen LogP contribution in [0.25, 0.3) is 0 Å². The number of hydrogen-bond acceptors (Lipinski definition) is 3. The fraction of sp³-hybridized carbons (Fsp3) is 0.417. The van der Waals surface area contributed by atoms with Gasteiger partial charge in [0.05, 0.1) is 0 Å². The van der Waals surface area contributed by atoms with E-state index in [0.29, 0.717) is 4.99 Å². The van der Waals surface area contributed by atoms with E-state index < -0.39 is 10.8 Å². The van der Waals surface area contributed by atoms with E-state index in [1.54, 1.807) is 0 Å². The minimum absolute atomic E-state index is 0.446. The van der Waals surface area contributed by atoms with E-state index in [4.69, 9.17) is 18.0 Å². The van der Waals surface area contributed by atoms with E-state index in [1.807, 2.05) is 18.2 Å². The van der Waals surface area contributed by atoms with Gasteiger partial charge in [-0.05, 0) is 5.56 Å². The molecule has 0 amide bonds. The summed E-state index contributed by atoms with van der Waals surface area (Å²) in [4.78, 5) is 2.75. The Balaban J connectivity index is 2.08. The molecule has 17 heavy (non-hydrogen) atoms. The highest BCUT2D eigenvalue weighted by Gasteiger charge is 2.16. The molecular formula is C12H16N2OS2. The van der Waals surface area contributed by atoms with Crippen LogP contribution < -0.4 is 5.73 Å². The Morgan fingerprint density at radius 1 is 1.35 bits per heavy atom. The molecule has 0 unspecified atom stereocenters. The van der Waals surface area contributed by atoms with Crippen LogP contribution in [0.15, 0.2) is 24.3 Å². The number of thiocarbonyl (C=S) groups is 1. The predicted molar refractivity (Wildman–Crippen MR) is 75.5 cm³/mol. The normalized spacial score (nSPS) is 18.1. The Labute approximate surface area is 109 Å². The van der Waals surface area contributed by atoms with Crippen molar-refractivity contribution in [2.24, 2.45) is 5.73 Å². The maximum atomic E-state index is 11.3. The van der Waals surface area contributed by atoms with E-state index in [2.05, 4.69) is 11.0 Å². The Kier molecular flexibility index (Phi) is 4.25. The van der Waals surface area contributed by atoms with Gasteiger partial charge in [0.1, 0.15) is 4.99 Å². The summed E-state index contributed by atoms with van der Waals surface area (Å²) >= 11 is 5.05. The summed E-state index contributed by atoms with van der Waals surface area (Å²) in [5.41, 5.74) is 7.82. The van der Waals surface area contributed by atoms with Gasteiger partial charge in [-0.2, -0.15) is 0 Å². The molecule has 0 aromatic heterocycles. The molecule has 1 aliphatic rings. The van der Waals surface area contributed by atoms with Crippen molar-refractivity contribution >= 4 is 28.0 Å². The molecule has 2 N–H and O–H groups in total. The van der Waals surface area contributed by atoms with Crippen molar-refractivity contribution in [1.29, 1.82) is 0 Å². The van der Waals surface area contributed by atoms with Crippen molar-refractivity contribution in [2.45, 2.75) is 6.54 Å². The van der Waals surface area contributed by atoms with Crippen molar-refractivity contribution in [1.82, 2.24) is 4.90 Å². The van der Waals surface area contributed by atoms with Crippen molar-refractivity contribution in [3.05, 3.63) is 35.4 Å². The fourth-order valence-electron chi connectivity index (χ4n) is 1.97. The molecule has 92 valence electrons. The van der Waals surface area contributed by atoms with Crippen molar-refractivity contribution < 1.29 is 4.21 Å². The van der Waals surface area contributed by atoms with E-state index in [0.717, 1.165) is 42.3 Å². The minimum Gasteiger partial charge on any atom is -0.389 e. The molecule has 1 aliphatic heterocycles. The zero-order valence-electron chi connectivity index (χ0n) is 9.59. The van der Waals surface area contributed by atoms with Gasteiger partial charge in [0, 0.05) is 47.5 Å². The predicted octanol–water partition coefficient (Wildman–Crippen LogP) is 0.885. The van der Waals surface area contributed by atoms with E-state index in [-0.39, 0.29) is 0 Å². The zero-order chi connectivity index (χ0) is 12.3. The molecule has 0 saturated carbocycles. The smallest absolute Gasteiger partial charge is 0.104 e. The van der Waals surface area contributed by atoms with E-state index >= 15 is 0 Å². The Bertz CT molecular complexity index is 438. The number of nitrogens with zero attached hydrogens (tertiary/aromatic N) is 1. The molecule has 1 heterocycles. The van der Waals surface area contributed by atoms with Crippen LogP contribution in [0.5, 0.6) is 0 Å². The molecule has 0 aliphatic carbocycles. The lowest BCUT2D eigenvalue weighted by molar-refractivity contribution is 0.291. The third-order valence-corrected chi connectivity index (χ3v) is 4.44. The first-order valence-electron chi connectivity index (χ1n) is 5.62. The molecule has 5 heteroatoms. The van der Waals surface area contributed by atoms with Gasteiger partial charge in [0.25, 0.3) is 0 Å². The summed E-state index contributed by atoms with van der Waals surface area (Å²) < 4.78 is 11.3. The second-order valence-corrected chi connectivity index (χ2v) is 6.28. The van der Waals surface area contributed by atoms with Gasteiger partial charge in [-0.15, -0.1) is 0 Å². The summed E-state index contributed by atoms with van der Waals surface area (Å²) in [5, 5.41) is 0. The van der Waals surface area contributed by atoms with Gasteiger partial charge in [0.15, 0.2) is 0 Å². The lowest BCUT2D eigenvalue weighted by atomic mass is 10.1. The van der Waals surface area contributed by atoms with E-state index in [9.17, 15) is 4.21 Å². The molecule has 0 atom stereocenters. The van der Waals surface area contributed by atoms with Gasteiger partial charge in [0.2, 0.25) is 0 Å². The van der Waals surface area contributed by atoms with Crippen molar-refractivity contribution in [3.8, 4) is 0 Å². The molecule has 1 fully saturated rings. The standard InChI is InChI=1S/C12H16N2OS2/c13-12(16)11-4-2-1-3-10(11)9-14-5-7-17(15)8-6-14/h1-4H,5-9H2,(H2,13,16). The maximum Gasteiger partial charge on any atom is 0.104 e. The van der Waals surface area contributed by atoms with E-state index in [1.165, 1.54) is 0 Å². The highest BCUT2D eigenvalue weighted by molar-refractivity contribution is 7.85. The summed E-state index contributed by atoms with van der Waals surface area (Å²) in [6.45, 7) is 2.61. The van der Waals surface area contributed by atoms with Crippen LogP contribution in [-0.2, 0) is 17.3 Å². The molecule has 3 nitrogen and oxygen atoms in total. The Hall–Kier alpha value is -0.780. The number of benzene rings is 1. The zero-order valence-corrected chi connectivity index (χ0v) is 11.2. The average Bonchev–Trinajstić information content (AvgIpc) is 2.32. The summed E-state index contributed by atoms with van der Waals surface area (Å²) in [6, 6.07) is 7.96. The average molecular weight is 268 g/mol. The van der Waals surface area contributed by atoms with Crippen LogP contribution in [0.4, 0.5) is 0 Å². The molecule has 1 saturated heterocycles. The first-order chi connectivity index (χ1) is 8.16. The van der Waals surface area contributed by atoms with Gasteiger partial charge < -0.3 is 5.73 Å². The molecule has 0 bridgehead atoms. The van der Waals surface area contributed by atoms with Crippen LogP contribution >= 0.6 is 12.2 Å². The van der Waals surface area contributed by atoms with Crippen molar-refractivity contribution in [3.63, 3.8) is 0 Å². The summed E-state index contributed by atoms with van der Waals surface area (Å²) in [5.74, 6) is 1.55. The second-order valence-electron chi connectivity index (χ2n) is 4.15. The third-order valence-electron chi connectivity index (χ3n) is 2.95. The molecule has 2 rings (SSSR count). The molecule has 1 aromatic rings. The monoisotopic (exact) mass is 268 g/mol. The van der Waals surface area contributed by atoms with Crippen LogP contribution in [-0.4, -0.2) is 38.7 Å². The van der Waals surface area contributed by atoms with Gasteiger partial charge >= 0.3 is 0 Å². The quantitative estimate of drug-likeness (QED) is 0.827. The lowest BCUT2D eigenvalue weighted by Gasteiger charge is -2.26. The van der Waals surface area contributed by atoms with Gasteiger partial charge in [-0.25, -0.2) is 0 Å². The Morgan fingerprint density at radius 2 is 2.00 bits per heavy atom.